The zero-order chi connectivity index (χ0) is 15.3. The molecule has 2 aromatic heterocycles. The average Bonchev–Trinajstić information content (AvgIpc) is 3.13. The molecule has 0 saturated heterocycles. The number of nitrogens with zero attached hydrogens (tertiary/aromatic N) is 3. The molecule has 1 saturated carbocycles. The van der Waals surface area contributed by atoms with Gasteiger partial charge >= 0.3 is 5.97 Å². The number of hydrogen-bond acceptors (Lipinski definition) is 3. The highest BCUT2D eigenvalue weighted by atomic mass is 16.4. The Bertz CT molecular complexity index is 874. The highest BCUT2D eigenvalue weighted by Crippen LogP contribution is 2.40. The highest BCUT2D eigenvalue weighted by molar-refractivity contribution is 5.92. The largest absolute Gasteiger partial charge is 0.478 e. The number of hydrogen-bond donors (Lipinski definition) is 2. The molecular formula is C16H16N4O2. The van der Waals surface area contributed by atoms with Gasteiger partial charge in [-0.15, -0.1) is 0 Å². The SMILES string of the molecule is CCn1nc(C2CC2)cc1-c1nc2ccc(C(=O)O)cc2[nH]1. The van der Waals surface area contributed by atoms with Crippen molar-refractivity contribution < 1.29 is 9.90 Å². The quantitative estimate of drug-likeness (QED) is 0.775. The number of fused-ring (bicyclic) bond motifs is 1. The lowest BCUT2D eigenvalue weighted by atomic mass is 10.2. The molecular weight excluding hydrogens is 280 g/mol. The van der Waals surface area contributed by atoms with Gasteiger partial charge in [0.15, 0.2) is 5.82 Å². The summed E-state index contributed by atoms with van der Waals surface area (Å²) in [5.41, 5.74) is 3.83. The summed E-state index contributed by atoms with van der Waals surface area (Å²) < 4.78 is 1.95. The standard InChI is InChI=1S/C16H16N4O2/c1-2-20-14(8-12(19-20)9-3-4-9)15-17-11-6-5-10(16(21)22)7-13(11)18-15/h5-9H,2-4H2,1H3,(H,17,18)(H,21,22). The second kappa shape index (κ2) is 4.69. The van der Waals surface area contributed by atoms with Crippen LogP contribution >= 0.6 is 0 Å². The molecule has 0 atom stereocenters. The van der Waals surface area contributed by atoms with Crippen molar-refractivity contribution in [2.75, 3.05) is 0 Å². The molecule has 4 rings (SSSR count). The lowest BCUT2D eigenvalue weighted by Gasteiger charge is -2.00. The Hall–Kier alpha value is -2.63. The minimum Gasteiger partial charge on any atom is -0.478 e. The number of benzene rings is 1. The van der Waals surface area contributed by atoms with Crippen molar-refractivity contribution in [2.24, 2.45) is 0 Å². The van der Waals surface area contributed by atoms with Crippen molar-refractivity contribution in [1.29, 1.82) is 0 Å². The summed E-state index contributed by atoms with van der Waals surface area (Å²) in [6, 6.07) is 7.01. The summed E-state index contributed by atoms with van der Waals surface area (Å²) in [5, 5.41) is 13.7. The van der Waals surface area contributed by atoms with Crippen LogP contribution in [-0.2, 0) is 6.54 Å². The fourth-order valence-electron chi connectivity index (χ4n) is 2.71. The predicted octanol–water partition coefficient (Wildman–Crippen LogP) is 3.02. The van der Waals surface area contributed by atoms with Crippen molar-refractivity contribution in [1.82, 2.24) is 19.7 Å². The van der Waals surface area contributed by atoms with Gasteiger partial charge in [0.1, 0.15) is 5.69 Å². The number of aryl methyl sites for hydroxylation is 1. The molecule has 0 aliphatic heterocycles. The van der Waals surface area contributed by atoms with Crippen LogP contribution in [0.1, 0.15) is 41.7 Å². The first-order chi connectivity index (χ1) is 10.7. The topological polar surface area (TPSA) is 83.8 Å². The summed E-state index contributed by atoms with van der Waals surface area (Å²) >= 11 is 0. The van der Waals surface area contributed by atoms with Crippen LogP contribution in [0.15, 0.2) is 24.3 Å². The van der Waals surface area contributed by atoms with Gasteiger partial charge in [-0.25, -0.2) is 9.78 Å². The van der Waals surface area contributed by atoms with E-state index in [1.54, 1.807) is 18.2 Å². The van der Waals surface area contributed by atoms with E-state index < -0.39 is 5.97 Å². The number of carboxylic acid groups (broad SMARTS) is 1. The van der Waals surface area contributed by atoms with Crippen molar-refractivity contribution in [2.45, 2.75) is 32.2 Å². The van der Waals surface area contributed by atoms with Gasteiger partial charge in [0, 0.05) is 12.5 Å². The minimum atomic E-state index is -0.937. The van der Waals surface area contributed by atoms with Gasteiger partial charge < -0.3 is 10.1 Å². The zero-order valence-corrected chi connectivity index (χ0v) is 12.2. The van der Waals surface area contributed by atoms with Gasteiger partial charge in [0.25, 0.3) is 0 Å². The molecule has 3 aromatic rings. The van der Waals surface area contributed by atoms with Gasteiger partial charge in [0.05, 0.1) is 22.3 Å². The van der Waals surface area contributed by atoms with Crippen molar-refractivity contribution in [3.05, 3.63) is 35.5 Å². The molecule has 0 radical (unpaired) electrons. The average molecular weight is 296 g/mol. The second-order valence-corrected chi connectivity index (χ2v) is 5.67. The monoisotopic (exact) mass is 296 g/mol. The molecule has 1 aromatic carbocycles. The fraction of sp³-hybridized carbons (Fsp3) is 0.312. The summed E-state index contributed by atoms with van der Waals surface area (Å²) in [6.45, 7) is 2.83. The first kappa shape index (κ1) is 13.1. The fourth-order valence-corrected chi connectivity index (χ4v) is 2.71. The third-order valence-electron chi connectivity index (χ3n) is 4.07. The van der Waals surface area contributed by atoms with Crippen LogP contribution in [0.2, 0.25) is 0 Å². The van der Waals surface area contributed by atoms with E-state index in [9.17, 15) is 4.79 Å². The molecule has 0 unspecified atom stereocenters. The van der Waals surface area contributed by atoms with Crippen LogP contribution in [0.4, 0.5) is 0 Å². The molecule has 1 aliphatic rings. The number of aromatic amines is 1. The maximum atomic E-state index is 11.1. The second-order valence-electron chi connectivity index (χ2n) is 5.67. The maximum absolute atomic E-state index is 11.1. The van der Waals surface area contributed by atoms with Crippen LogP contribution in [0, 0.1) is 0 Å². The van der Waals surface area contributed by atoms with Gasteiger partial charge in [-0.3, -0.25) is 4.68 Å². The number of carboxylic acids is 1. The first-order valence-corrected chi connectivity index (χ1v) is 7.47. The Morgan fingerprint density at radius 3 is 2.91 bits per heavy atom. The van der Waals surface area contributed by atoms with E-state index in [2.05, 4.69) is 28.1 Å². The molecule has 2 N–H and O–H groups in total. The molecule has 0 amide bonds. The van der Waals surface area contributed by atoms with Crippen LogP contribution in [0.3, 0.4) is 0 Å². The van der Waals surface area contributed by atoms with E-state index >= 15 is 0 Å². The molecule has 6 heteroatoms. The number of aromatic carboxylic acids is 1. The first-order valence-electron chi connectivity index (χ1n) is 7.47. The number of rotatable bonds is 4. The van der Waals surface area contributed by atoms with Crippen LogP contribution in [-0.4, -0.2) is 30.8 Å². The van der Waals surface area contributed by atoms with E-state index in [1.807, 2.05) is 4.68 Å². The van der Waals surface area contributed by atoms with E-state index in [1.165, 1.54) is 12.8 Å². The number of aromatic nitrogens is 4. The molecule has 0 bridgehead atoms. The van der Waals surface area contributed by atoms with E-state index in [4.69, 9.17) is 5.11 Å². The van der Waals surface area contributed by atoms with E-state index in [-0.39, 0.29) is 5.56 Å². The Balaban J connectivity index is 1.81. The Morgan fingerprint density at radius 2 is 2.23 bits per heavy atom. The molecule has 22 heavy (non-hydrogen) atoms. The van der Waals surface area contributed by atoms with Crippen LogP contribution < -0.4 is 0 Å². The lowest BCUT2D eigenvalue weighted by Crippen LogP contribution is -2.00. The smallest absolute Gasteiger partial charge is 0.335 e. The number of H-pyrrole nitrogens is 1. The van der Waals surface area contributed by atoms with Gasteiger partial charge in [-0.05, 0) is 44.0 Å². The summed E-state index contributed by atoms with van der Waals surface area (Å²) in [5.74, 6) is 0.390. The molecule has 2 heterocycles. The van der Waals surface area contributed by atoms with Crippen molar-refractivity contribution in [3.63, 3.8) is 0 Å². The van der Waals surface area contributed by atoms with Crippen molar-refractivity contribution in [3.8, 4) is 11.5 Å². The van der Waals surface area contributed by atoms with Crippen LogP contribution in [0.5, 0.6) is 0 Å². The predicted molar refractivity (Wildman–Crippen MR) is 81.9 cm³/mol. The van der Waals surface area contributed by atoms with Crippen LogP contribution in [0.25, 0.3) is 22.6 Å². The van der Waals surface area contributed by atoms with Crippen molar-refractivity contribution >= 4 is 17.0 Å². The Kier molecular flexibility index (Phi) is 2.79. The third kappa shape index (κ3) is 2.07. The Morgan fingerprint density at radius 1 is 1.41 bits per heavy atom. The number of imidazole rings is 1. The maximum Gasteiger partial charge on any atom is 0.335 e. The normalized spacial score (nSPS) is 14.6. The highest BCUT2D eigenvalue weighted by Gasteiger charge is 2.27. The summed E-state index contributed by atoms with van der Waals surface area (Å²) in [6.07, 6.45) is 2.42. The molecule has 0 spiro atoms. The van der Waals surface area contributed by atoms with Gasteiger partial charge in [-0.2, -0.15) is 5.10 Å². The molecule has 112 valence electrons. The third-order valence-corrected chi connectivity index (χ3v) is 4.07. The molecule has 1 aliphatic carbocycles. The van der Waals surface area contributed by atoms with E-state index in [0.717, 1.165) is 34.8 Å². The summed E-state index contributed by atoms with van der Waals surface area (Å²) in [4.78, 5) is 18.9. The summed E-state index contributed by atoms with van der Waals surface area (Å²) in [7, 11) is 0. The van der Waals surface area contributed by atoms with E-state index in [0.29, 0.717) is 5.92 Å². The lowest BCUT2D eigenvalue weighted by molar-refractivity contribution is 0.0697. The Labute approximate surface area is 126 Å². The number of carbonyl (C=O) groups is 1. The zero-order valence-electron chi connectivity index (χ0n) is 12.2. The van der Waals surface area contributed by atoms with Gasteiger partial charge in [0.2, 0.25) is 0 Å². The van der Waals surface area contributed by atoms with Gasteiger partial charge in [-0.1, -0.05) is 0 Å². The molecule has 6 nitrogen and oxygen atoms in total. The molecule has 1 fully saturated rings. The number of nitrogens with one attached hydrogen (secondary N) is 1. The minimum absolute atomic E-state index is 0.255.